The highest BCUT2D eigenvalue weighted by atomic mass is 79.9. The van der Waals surface area contributed by atoms with Gasteiger partial charge in [0.2, 0.25) is 10.0 Å². The van der Waals surface area contributed by atoms with Gasteiger partial charge in [0.25, 0.3) is 0 Å². The monoisotopic (exact) mass is 288 g/mol. The molecule has 0 amide bonds. The molecule has 4 nitrogen and oxygen atoms in total. The first-order valence-electron chi connectivity index (χ1n) is 4.10. The summed E-state index contributed by atoms with van der Waals surface area (Å²) in [6, 6.07) is 1.48. The fourth-order valence-corrected chi connectivity index (χ4v) is 2.42. The topological polar surface area (TPSA) is 59.1 Å². The molecule has 1 N–H and O–H groups in total. The Balaban J connectivity index is 2.83. The molecule has 0 saturated heterocycles. The summed E-state index contributed by atoms with van der Waals surface area (Å²) in [6.45, 7) is 0.228. The van der Waals surface area contributed by atoms with Gasteiger partial charge in [-0.2, -0.15) is 0 Å². The number of rotatable bonds is 4. The summed E-state index contributed by atoms with van der Waals surface area (Å²) >= 11 is 3.15. The van der Waals surface area contributed by atoms with Crippen molar-refractivity contribution in [3.05, 3.63) is 22.9 Å². The first kappa shape index (κ1) is 12.2. The number of sulfonamides is 1. The van der Waals surface area contributed by atoms with Gasteiger partial charge in [0, 0.05) is 29.8 Å². The van der Waals surface area contributed by atoms with Crippen LogP contribution >= 0.6 is 15.9 Å². The molecule has 6 heteroatoms. The molecule has 0 aromatic carbocycles. The van der Waals surface area contributed by atoms with Gasteiger partial charge in [-0.25, -0.2) is 13.1 Å². The minimum Gasteiger partial charge on any atom is -0.262 e. The molecule has 15 heavy (non-hydrogen) atoms. The van der Waals surface area contributed by atoms with E-state index in [0.717, 1.165) is 0 Å². The van der Waals surface area contributed by atoms with E-state index in [1.807, 2.05) is 0 Å². The summed E-state index contributed by atoms with van der Waals surface area (Å²) in [5, 5.41) is 0. The second-order valence-electron chi connectivity index (χ2n) is 2.69. The fraction of sp³-hybridized carbons (Fsp3) is 0.222. The predicted octanol–water partition coefficient (Wildman–Crippen LogP) is 1.15. The van der Waals surface area contributed by atoms with Crippen LogP contribution in [0.4, 0.5) is 0 Å². The van der Waals surface area contributed by atoms with E-state index in [0.29, 0.717) is 10.9 Å². The molecule has 0 saturated carbocycles. The number of hydrogen-bond acceptors (Lipinski definition) is 3. The van der Waals surface area contributed by atoms with E-state index in [1.54, 1.807) is 0 Å². The van der Waals surface area contributed by atoms with Crippen LogP contribution in [0.2, 0.25) is 0 Å². The Kier molecular flexibility index (Phi) is 4.27. The van der Waals surface area contributed by atoms with E-state index in [9.17, 15) is 8.42 Å². The second-order valence-corrected chi connectivity index (χ2v) is 5.37. The molecule has 0 unspecified atom stereocenters. The first-order chi connectivity index (χ1) is 7.06. The zero-order valence-corrected chi connectivity index (χ0v) is 10.2. The van der Waals surface area contributed by atoms with E-state index in [-0.39, 0.29) is 11.4 Å². The predicted molar refractivity (Wildman–Crippen MR) is 60.6 cm³/mol. The van der Waals surface area contributed by atoms with E-state index >= 15 is 0 Å². The van der Waals surface area contributed by atoms with Crippen LogP contribution in [0.1, 0.15) is 6.42 Å². The van der Waals surface area contributed by atoms with Crippen molar-refractivity contribution in [3.8, 4) is 12.3 Å². The van der Waals surface area contributed by atoms with Gasteiger partial charge >= 0.3 is 0 Å². The first-order valence-corrected chi connectivity index (χ1v) is 6.37. The Labute approximate surface area is 97.3 Å². The lowest BCUT2D eigenvalue weighted by molar-refractivity contribution is 0.582. The third-order valence-electron chi connectivity index (χ3n) is 1.55. The minimum atomic E-state index is -3.49. The van der Waals surface area contributed by atoms with E-state index in [1.165, 1.54) is 18.5 Å². The lowest BCUT2D eigenvalue weighted by Crippen LogP contribution is -2.24. The number of nitrogens with zero attached hydrogens (tertiary/aromatic N) is 1. The Morgan fingerprint density at radius 1 is 1.53 bits per heavy atom. The third-order valence-corrected chi connectivity index (χ3v) is 3.41. The summed E-state index contributed by atoms with van der Waals surface area (Å²) in [5.74, 6) is 2.35. The fourth-order valence-electron chi connectivity index (χ4n) is 0.880. The van der Waals surface area contributed by atoms with E-state index in [2.05, 4.69) is 31.6 Å². The van der Waals surface area contributed by atoms with Crippen molar-refractivity contribution in [1.29, 1.82) is 0 Å². The molecule has 1 aromatic rings. The number of pyridine rings is 1. The van der Waals surface area contributed by atoms with Crippen molar-refractivity contribution in [2.75, 3.05) is 6.54 Å². The van der Waals surface area contributed by atoms with Gasteiger partial charge in [-0.1, -0.05) is 0 Å². The molecular weight excluding hydrogens is 280 g/mol. The van der Waals surface area contributed by atoms with E-state index < -0.39 is 10.0 Å². The molecule has 0 aliphatic carbocycles. The van der Waals surface area contributed by atoms with Crippen LogP contribution in [0.5, 0.6) is 0 Å². The Hall–Kier alpha value is -0.900. The van der Waals surface area contributed by atoms with Gasteiger partial charge < -0.3 is 0 Å². The average Bonchev–Trinajstić information content (AvgIpc) is 2.18. The molecule has 0 fully saturated rings. The smallest absolute Gasteiger partial charge is 0.242 e. The van der Waals surface area contributed by atoms with Crippen LogP contribution < -0.4 is 4.72 Å². The molecule has 80 valence electrons. The highest BCUT2D eigenvalue weighted by molar-refractivity contribution is 9.10. The van der Waals surface area contributed by atoms with Crippen LogP contribution in [-0.4, -0.2) is 19.9 Å². The van der Waals surface area contributed by atoms with Crippen molar-refractivity contribution < 1.29 is 8.42 Å². The quantitative estimate of drug-likeness (QED) is 0.668. The Morgan fingerprint density at radius 2 is 2.27 bits per heavy atom. The highest BCUT2D eigenvalue weighted by Gasteiger charge is 2.13. The summed E-state index contributed by atoms with van der Waals surface area (Å²) in [7, 11) is -3.49. The van der Waals surface area contributed by atoms with Crippen molar-refractivity contribution in [2.24, 2.45) is 0 Å². The zero-order chi connectivity index (χ0) is 11.3. The van der Waals surface area contributed by atoms with E-state index in [4.69, 9.17) is 6.42 Å². The minimum absolute atomic E-state index is 0.119. The number of nitrogens with one attached hydrogen (secondary N) is 1. The molecule has 0 aliphatic heterocycles. The average molecular weight is 289 g/mol. The standard InChI is InChI=1S/C9H9BrN2O2S/c1-2-3-4-12-15(13,14)9-5-8(10)6-11-7-9/h1,5-7,12H,3-4H2. The second kappa shape index (κ2) is 5.26. The lowest BCUT2D eigenvalue weighted by Gasteiger charge is -2.04. The number of halogens is 1. The molecular formula is C9H9BrN2O2S. The van der Waals surface area contributed by atoms with Gasteiger partial charge in [0.1, 0.15) is 4.90 Å². The SMILES string of the molecule is C#CCCNS(=O)(=O)c1cncc(Br)c1. The van der Waals surface area contributed by atoms with Gasteiger partial charge in [0.15, 0.2) is 0 Å². The molecule has 0 aliphatic rings. The van der Waals surface area contributed by atoms with Crippen LogP contribution in [0.25, 0.3) is 0 Å². The zero-order valence-electron chi connectivity index (χ0n) is 7.77. The normalized spacial score (nSPS) is 10.9. The molecule has 1 heterocycles. The number of hydrogen-bond donors (Lipinski definition) is 1. The van der Waals surface area contributed by atoms with Crippen LogP contribution in [0, 0.1) is 12.3 Å². The maximum atomic E-state index is 11.6. The van der Waals surface area contributed by atoms with Gasteiger partial charge in [-0.3, -0.25) is 4.98 Å². The van der Waals surface area contributed by atoms with Crippen molar-refractivity contribution >= 4 is 26.0 Å². The molecule has 1 rings (SSSR count). The van der Waals surface area contributed by atoms with Gasteiger partial charge in [0.05, 0.1) is 0 Å². The highest BCUT2D eigenvalue weighted by Crippen LogP contribution is 2.13. The third kappa shape index (κ3) is 3.63. The molecule has 1 aromatic heterocycles. The van der Waals surface area contributed by atoms with Gasteiger partial charge in [-0.05, 0) is 22.0 Å². The molecule has 0 spiro atoms. The maximum Gasteiger partial charge on any atom is 0.242 e. The molecule has 0 radical (unpaired) electrons. The molecule has 0 atom stereocenters. The Bertz CT molecular complexity index is 479. The Morgan fingerprint density at radius 3 is 2.87 bits per heavy atom. The summed E-state index contributed by atoms with van der Waals surface area (Å²) < 4.78 is 26.2. The van der Waals surface area contributed by atoms with Crippen LogP contribution in [-0.2, 0) is 10.0 Å². The van der Waals surface area contributed by atoms with Gasteiger partial charge in [-0.15, -0.1) is 12.3 Å². The van der Waals surface area contributed by atoms with Crippen molar-refractivity contribution in [1.82, 2.24) is 9.71 Å². The lowest BCUT2D eigenvalue weighted by atomic mass is 10.5. The van der Waals surface area contributed by atoms with Crippen LogP contribution in [0.3, 0.4) is 0 Å². The summed E-state index contributed by atoms with van der Waals surface area (Å²) in [5.41, 5.74) is 0. The summed E-state index contributed by atoms with van der Waals surface area (Å²) in [4.78, 5) is 3.89. The largest absolute Gasteiger partial charge is 0.262 e. The van der Waals surface area contributed by atoms with Crippen LogP contribution in [0.15, 0.2) is 27.8 Å². The van der Waals surface area contributed by atoms with Crippen molar-refractivity contribution in [3.63, 3.8) is 0 Å². The number of aromatic nitrogens is 1. The maximum absolute atomic E-state index is 11.6. The number of terminal acetylenes is 1. The summed E-state index contributed by atoms with van der Waals surface area (Å²) in [6.07, 6.45) is 8.17. The van der Waals surface area contributed by atoms with Crippen molar-refractivity contribution in [2.45, 2.75) is 11.3 Å². The molecule has 0 bridgehead atoms.